The molecular weight excluding hydrogens is 246 g/mol. The highest BCUT2D eigenvalue weighted by Crippen LogP contribution is 2.18. The van der Waals surface area contributed by atoms with Gasteiger partial charge >= 0.3 is 0 Å². The largest absolute Gasteiger partial charge is 0.393 e. The van der Waals surface area contributed by atoms with Gasteiger partial charge in [0, 0.05) is 24.7 Å². The van der Waals surface area contributed by atoms with Crippen molar-refractivity contribution in [2.45, 2.75) is 19.8 Å². The molecule has 1 fully saturated rings. The van der Waals surface area contributed by atoms with Crippen LogP contribution in [0.5, 0.6) is 0 Å². The highest BCUT2D eigenvalue weighted by Gasteiger charge is 2.25. The SMILES string of the molecule is Cc1cccc(C(=O)N2CCC(C(N)=S)CC2)n1. The molecule has 1 aromatic heterocycles. The molecule has 1 saturated heterocycles. The molecule has 1 aliphatic heterocycles. The molecule has 1 aromatic rings. The fourth-order valence-corrected chi connectivity index (χ4v) is 2.43. The molecule has 0 aromatic carbocycles. The molecule has 0 spiro atoms. The molecule has 0 bridgehead atoms. The van der Waals surface area contributed by atoms with Crippen LogP contribution in [0, 0.1) is 12.8 Å². The lowest BCUT2D eigenvalue weighted by atomic mass is 9.97. The van der Waals surface area contributed by atoms with Gasteiger partial charge in [-0.3, -0.25) is 4.79 Å². The molecular formula is C13H17N3OS. The Hall–Kier alpha value is -1.49. The minimum absolute atomic E-state index is 0.0000831. The zero-order valence-electron chi connectivity index (χ0n) is 10.4. The molecule has 2 N–H and O–H groups in total. The number of thiocarbonyl (C=S) groups is 1. The van der Waals surface area contributed by atoms with Crippen LogP contribution in [0.4, 0.5) is 0 Å². The predicted molar refractivity (Wildman–Crippen MR) is 74.4 cm³/mol. The molecule has 0 unspecified atom stereocenters. The van der Waals surface area contributed by atoms with E-state index in [1.165, 1.54) is 0 Å². The van der Waals surface area contributed by atoms with Crippen molar-refractivity contribution in [2.75, 3.05) is 13.1 Å². The topological polar surface area (TPSA) is 59.2 Å². The van der Waals surface area contributed by atoms with Crippen LogP contribution >= 0.6 is 12.2 Å². The average Bonchev–Trinajstić information content (AvgIpc) is 2.38. The molecule has 2 rings (SSSR count). The molecule has 0 saturated carbocycles. The van der Waals surface area contributed by atoms with Gasteiger partial charge in [0.25, 0.3) is 5.91 Å². The Morgan fingerprint density at radius 2 is 2.11 bits per heavy atom. The van der Waals surface area contributed by atoms with E-state index in [1.54, 1.807) is 6.07 Å². The number of hydrogen-bond acceptors (Lipinski definition) is 3. The molecule has 0 atom stereocenters. The van der Waals surface area contributed by atoms with E-state index < -0.39 is 0 Å². The van der Waals surface area contributed by atoms with Crippen molar-refractivity contribution in [3.63, 3.8) is 0 Å². The number of hydrogen-bond donors (Lipinski definition) is 1. The van der Waals surface area contributed by atoms with E-state index >= 15 is 0 Å². The van der Waals surface area contributed by atoms with Gasteiger partial charge in [-0.05, 0) is 31.9 Å². The van der Waals surface area contributed by atoms with Crippen molar-refractivity contribution in [1.82, 2.24) is 9.88 Å². The first-order valence-corrected chi connectivity index (χ1v) is 6.51. The molecule has 96 valence electrons. The van der Waals surface area contributed by atoms with E-state index in [9.17, 15) is 4.79 Å². The van der Waals surface area contributed by atoms with Gasteiger partial charge in [-0.25, -0.2) is 4.98 Å². The number of nitrogens with two attached hydrogens (primary N) is 1. The zero-order chi connectivity index (χ0) is 13.1. The van der Waals surface area contributed by atoms with E-state index in [0.717, 1.165) is 18.5 Å². The average molecular weight is 263 g/mol. The van der Waals surface area contributed by atoms with E-state index in [4.69, 9.17) is 18.0 Å². The van der Waals surface area contributed by atoms with Crippen molar-refractivity contribution in [2.24, 2.45) is 11.7 Å². The fraction of sp³-hybridized carbons (Fsp3) is 0.462. The van der Waals surface area contributed by atoms with Gasteiger partial charge in [-0.15, -0.1) is 0 Å². The van der Waals surface area contributed by atoms with Gasteiger partial charge in [-0.1, -0.05) is 18.3 Å². The lowest BCUT2D eigenvalue weighted by molar-refractivity contribution is 0.0704. The Kier molecular flexibility index (Phi) is 3.91. The third kappa shape index (κ3) is 2.85. The minimum atomic E-state index is 0.0000831. The lowest BCUT2D eigenvalue weighted by Crippen LogP contribution is -2.41. The molecule has 5 heteroatoms. The number of carbonyl (C=O) groups excluding carboxylic acids is 1. The summed E-state index contributed by atoms with van der Waals surface area (Å²) >= 11 is 4.99. The number of aryl methyl sites for hydroxylation is 1. The number of piperidine rings is 1. The Bertz CT molecular complexity index is 467. The number of pyridine rings is 1. The normalized spacial score (nSPS) is 16.6. The van der Waals surface area contributed by atoms with E-state index in [-0.39, 0.29) is 11.8 Å². The van der Waals surface area contributed by atoms with Crippen molar-refractivity contribution in [3.05, 3.63) is 29.6 Å². The van der Waals surface area contributed by atoms with Crippen LogP contribution in [0.2, 0.25) is 0 Å². The maximum atomic E-state index is 12.2. The van der Waals surface area contributed by atoms with Gasteiger partial charge in [0.05, 0.1) is 4.99 Å². The summed E-state index contributed by atoms with van der Waals surface area (Å²) < 4.78 is 0. The molecule has 1 aliphatic rings. The van der Waals surface area contributed by atoms with Gasteiger partial charge in [-0.2, -0.15) is 0 Å². The Morgan fingerprint density at radius 3 is 2.67 bits per heavy atom. The van der Waals surface area contributed by atoms with Crippen LogP contribution in [0.3, 0.4) is 0 Å². The van der Waals surface area contributed by atoms with E-state index in [1.807, 2.05) is 24.0 Å². The summed E-state index contributed by atoms with van der Waals surface area (Å²) in [5, 5.41) is 0. The monoisotopic (exact) mass is 263 g/mol. The van der Waals surface area contributed by atoms with Crippen molar-refractivity contribution >= 4 is 23.1 Å². The van der Waals surface area contributed by atoms with Crippen molar-refractivity contribution in [3.8, 4) is 0 Å². The van der Waals surface area contributed by atoms with Crippen molar-refractivity contribution in [1.29, 1.82) is 0 Å². The van der Waals surface area contributed by atoms with E-state index in [2.05, 4.69) is 4.98 Å². The number of nitrogens with zero attached hydrogens (tertiary/aromatic N) is 2. The number of likely N-dealkylation sites (tertiary alicyclic amines) is 1. The lowest BCUT2D eigenvalue weighted by Gasteiger charge is -2.31. The number of amides is 1. The summed E-state index contributed by atoms with van der Waals surface area (Å²) in [6.07, 6.45) is 1.71. The molecule has 0 aliphatic carbocycles. The molecule has 2 heterocycles. The Labute approximate surface area is 112 Å². The first-order valence-electron chi connectivity index (χ1n) is 6.10. The smallest absolute Gasteiger partial charge is 0.272 e. The zero-order valence-corrected chi connectivity index (χ0v) is 11.2. The number of carbonyl (C=O) groups is 1. The Morgan fingerprint density at radius 1 is 1.44 bits per heavy atom. The van der Waals surface area contributed by atoms with Gasteiger partial charge in [0.2, 0.25) is 0 Å². The number of rotatable bonds is 2. The maximum absolute atomic E-state index is 12.2. The highest BCUT2D eigenvalue weighted by molar-refractivity contribution is 7.80. The summed E-state index contributed by atoms with van der Waals surface area (Å²) in [5.41, 5.74) is 7.01. The summed E-state index contributed by atoms with van der Waals surface area (Å²) in [6, 6.07) is 5.50. The van der Waals surface area contributed by atoms with Crippen LogP contribution in [0.1, 0.15) is 29.0 Å². The van der Waals surface area contributed by atoms with Crippen LogP contribution in [0.15, 0.2) is 18.2 Å². The van der Waals surface area contributed by atoms with Crippen LogP contribution in [-0.2, 0) is 0 Å². The number of aromatic nitrogens is 1. The van der Waals surface area contributed by atoms with Gasteiger partial charge in [0.15, 0.2) is 0 Å². The van der Waals surface area contributed by atoms with Crippen LogP contribution < -0.4 is 5.73 Å². The second-order valence-corrected chi connectivity index (χ2v) is 5.10. The quantitative estimate of drug-likeness (QED) is 0.822. The standard InChI is InChI=1S/C13H17N3OS/c1-9-3-2-4-11(15-9)13(17)16-7-5-10(6-8-16)12(14)18/h2-4,10H,5-8H2,1H3,(H2,14,18). The first-order chi connectivity index (χ1) is 8.58. The minimum Gasteiger partial charge on any atom is -0.393 e. The van der Waals surface area contributed by atoms with Crippen LogP contribution in [-0.4, -0.2) is 33.9 Å². The van der Waals surface area contributed by atoms with Gasteiger partial charge < -0.3 is 10.6 Å². The molecule has 0 radical (unpaired) electrons. The van der Waals surface area contributed by atoms with Crippen molar-refractivity contribution < 1.29 is 4.79 Å². The Balaban J connectivity index is 2.02. The molecule has 1 amide bonds. The summed E-state index contributed by atoms with van der Waals surface area (Å²) in [4.78, 5) is 18.9. The predicted octanol–water partition coefficient (Wildman–Crippen LogP) is 1.53. The maximum Gasteiger partial charge on any atom is 0.272 e. The fourth-order valence-electron chi connectivity index (χ4n) is 2.19. The van der Waals surface area contributed by atoms with E-state index in [0.29, 0.717) is 23.8 Å². The summed E-state index contributed by atoms with van der Waals surface area (Å²) in [5.74, 6) is 0.273. The second kappa shape index (κ2) is 5.44. The molecule has 18 heavy (non-hydrogen) atoms. The summed E-state index contributed by atoms with van der Waals surface area (Å²) in [7, 11) is 0. The highest BCUT2D eigenvalue weighted by atomic mass is 32.1. The second-order valence-electron chi connectivity index (χ2n) is 4.63. The van der Waals surface area contributed by atoms with Crippen LogP contribution in [0.25, 0.3) is 0 Å². The third-order valence-corrected chi connectivity index (χ3v) is 3.63. The van der Waals surface area contributed by atoms with Gasteiger partial charge in [0.1, 0.15) is 5.69 Å². The summed E-state index contributed by atoms with van der Waals surface area (Å²) in [6.45, 7) is 3.29. The molecule has 4 nitrogen and oxygen atoms in total. The first kappa shape index (κ1) is 13.0. The third-order valence-electron chi connectivity index (χ3n) is 3.29.